The summed E-state index contributed by atoms with van der Waals surface area (Å²) in [6.07, 6.45) is 0.0208. The Hall–Kier alpha value is -1.03. The van der Waals surface area contributed by atoms with Crippen LogP contribution in [0.1, 0.15) is 0 Å². The molecular weight excluding hydrogens is 120 g/mol. The predicted molar refractivity (Wildman–Crippen MR) is 36.3 cm³/mol. The third kappa shape index (κ3) is 44.4. The van der Waals surface area contributed by atoms with Gasteiger partial charge in [0.15, 0.2) is 0 Å². The molecule has 0 aliphatic heterocycles. The zero-order valence-corrected chi connectivity index (χ0v) is 5.64. The van der Waals surface area contributed by atoms with Crippen molar-refractivity contribution in [2.75, 3.05) is 14.1 Å². The second kappa shape index (κ2) is 10.1. The van der Waals surface area contributed by atoms with Gasteiger partial charge in [-0.05, 0) is 20.3 Å². The van der Waals surface area contributed by atoms with Crippen molar-refractivity contribution < 1.29 is 9.90 Å². The summed E-state index contributed by atoms with van der Waals surface area (Å²) in [5, 5.41) is 12.4. The van der Waals surface area contributed by atoms with Gasteiger partial charge in [-0.2, -0.15) is 0 Å². The highest BCUT2D eigenvalue weighted by atomic mass is 16.4. The van der Waals surface area contributed by atoms with E-state index in [-0.39, 0.29) is 0 Å². The lowest BCUT2D eigenvalue weighted by Crippen LogP contribution is -2.11. The fraction of sp³-hybridized carbons (Fsp3) is 0.400. The van der Waals surface area contributed by atoms with Gasteiger partial charge in [0.2, 0.25) is 0 Å². The van der Waals surface area contributed by atoms with E-state index in [0.717, 1.165) is 6.20 Å². The molecule has 0 aromatic carbocycles. The minimum atomic E-state index is -1.08. The van der Waals surface area contributed by atoms with Gasteiger partial charge in [-0.3, -0.25) is 5.32 Å². The summed E-state index contributed by atoms with van der Waals surface area (Å²) >= 11 is 0. The van der Waals surface area contributed by atoms with Crippen LogP contribution >= 0.6 is 0 Å². The van der Waals surface area contributed by atoms with Crippen molar-refractivity contribution in [2.45, 2.75) is 0 Å². The van der Waals surface area contributed by atoms with Crippen LogP contribution in [-0.4, -0.2) is 25.3 Å². The third-order valence-corrected chi connectivity index (χ3v) is 0.226. The van der Waals surface area contributed by atoms with Gasteiger partial charge in [0, 0.05) is 0 Å². The third-order valence-electron chi connectivity index (χ3n) is 0.226. The monoisotopic (exact) mass is 132 g/mol. The maximum absolute atomic E-state index is 9.42. The Morgan fingerprint density at radius 3 is 2.00 bits per heavy atom. The number of carbonyl (C=O) groups is 1. The van der Waals surface area contributed by atoms with Crippen LogP contribution in [0.4, 0.5) is 4.79 Å². The summed E-state index contributed by atoms with van der Waals surface area (Å²) in [5.41, 5.74) is 0. The summed E-state index contributed by atoms with van der Waals surface area (Å²) in [4.78, 5) is 9.42. The van der Waals surface area contributed by atoms with E-state index in [1.165, 1.54) is 0 Å². The van der Waals surface area contributed by atoms with E-state index >= 15 is 0 Å². The molecule has 0 aromatic rings. The van der Waals surface area contributed by atoms with Crippen LogP contribution in [0.15, 0.2) is 12.8 Å². The minimum absolute atomic E-state index is 1.08. The molecule has 3 N–H and O–H groups in total. The molecule has 54 valence electrons. The lowest BCUT2D eigenvalue weighted by molar-refractivity contribution is 0.198. The maximum Gasteiger partial charge on any atom is 0.408 e. The number of carboxylic acid groups (broad SMARTS) is 1. The molecule has 9 heavy (non-hydrogen) atoms. The van der Waals surface area contributed by atoms with Crippen LogP contribution in [-0.2, 0) is 0 Å². The second-order valence-corrected chi connectivity index (χ2v) is 1.15. The molecule has 4 nitrogen and oxygen atoms in total. The van der Waals surface area contributed by atoms with Gasteiger partial charge in [-0.25, -0.2) is 4.79 Å². The molecule has 1 amide bonds. The standard InChI is InChI=1S/C3H5NO2.C2H7N/c1-2-4-3(5)6;1-3-2/h2,4H,1H2,(H,5,6);3H,1-2H3. The van der Waals surface area contributed by atoms with Crippen LogP contribution in [0, 0.1) is 0 Å². The molecule has 0 aliphatic rings. The van der Waals surface area contributed by atoms with Crippen LogP contribution in [0.25, 0.3) is 0 Å². The molecule has 0 saturated carbocycles. The summed E-state index contributed by atoms with van der Waals surface area (Å²) < 4.78 is 0. The fourth-order valence-electron chi connectivity index (χ4n) is 0.0873. The van der Waals surface area contributed by atoms with Crippen molar-refractivity contribution >= 4 is 6.09 Å². The minimum Gasteiger partial charge on any atom is -0.465 e. The zero-order valence-electron chi connectivity index (χ0n) is 5.64. The van der Waals surface area contributed by atoms with Gasteiger partial charge >= 0.3 is 6.09 Å². The maximum atomic E-state index is 9.42. The molecule has 0 atom stereocenters. The molecular formula is C5H12N2O2. The molecule has 0 fully saturated rings. The summed E-state index contributed by atoms with van der Waals surface area (Å²) in [7, 11) is 3.75. The molecule has 0 unspecified atom stereocenters. The van der Waals surface area contributed by atoms with Crippen molar-refractivity contribution in [3.63, 3.8) is 0 Å². The molecule has 0 spiro atoms. The highest BCUT2D eigenvalue weighted by Crippen LogP contribution is 1.54. The quantitative estimate of drug-likeness (QED) is 0.478. The summed E-state index contributed by atoms with van der Waals surface area (Å²) in [5.74, 6) is 0. The second-order valence-electron chi connectivity index (χ2n) is 1.15. The number of hydrogen-bond acceptors (Lipinski definition) is 2. The van der Waals surface area contributed by atoms with Crippen molar-refractivity contribution in [1.29, 1.82) is 0 Å². The van der Waals surface area contributed by atoms with Crippen molar-refractivity contribution in [3.05, 3.63) is 12.8 Å². The first-order valence-corrected chi connectivity index (χ1v) is 2.37. The van der Waals surface area contributed by atoms with Gasteiger partial charge in [0.05, 0.1) is 0 Å². The van der Waals surface area contributed by atoms with Crippen LogP contribution in [0.3, 0.4) is 0 Å². The Balaban J connectivity index is 0. The first kappa shape index (κ1) is 10.9. The summed E-state index contributed by atoms with van der Waals surface area (Å²) in [6.45, 7) is 3.11. The first-order valence-electron chi connectivity index (χ1n) is 2.37. The van der Waals surface area contributed by atoms with E-state index in [4.69, 9.17) is 5.11 Å². The Kier molecular flexibility index (Phi) is 12.1. The average molecular weight is 132 g/mol. The lowest BCUT2D eigenvalue weighted by atomic mass is 11.0. The van der Waals surface area contributed by atoms with Crippen molar-refractivity contribution in [1.82, 2.24) is 10.6 Å². The summed E-state index contributed by atoms with van der Waals surface area (Å²) in [6, 6.07) is 0. The Morgan fingerprint density at radius 1 is 1.67 bits per heavy atom. The fourth-order valence-corrected chi connectivity index (χ4v) is 0.0873. The van der Waals surface area contributed by atoms with Crippen LogP contribution in [0.2, 0.25) is 0 Å². The number of nitrogens with one attached hydrogen (secondary N) is 2. The average Bonchev–Trinajstić information content (AvgIpc) is 1.67. The van der Waals surface area contributed by atoms with Crippen molar-refractivity contribution in [2.24, 2.45) is 0 Å². The van der Waals surface area contributed by atoms with E-state index < -0.39 is 6.09 Å². The van der Waals surface area contributed by atoms with E-state index in [1.807, 2.05) is 19.4 Å². The van der Waals surface area contributed by atoms with Gasteiger partial charge in [0.1, 0.15) is 0 Å². The van der Waals surface area contributed by atoms with Crippen molar-refractivity contribution in [3.8, 4) is 0 Å². The lowest BCUT2D eigenvalue weighted by Gasteiger charge is -1.81. The molecule has 0 heterocycles. The molecule has 0 rings (SSSR count). The van der Waals surface area contributed by atoms with Gasteiger partial charge in [-0.15, -0.1) is 0 Å². The molecule has 4 heteroatoms. The topological polar surface area (TPSA) is 61.4 Å². The van der Waals surface area contributed by atoms with Crippen LogP contribution in [0.5, 0.6) is 0 Å². The molecule has 0 saturated heterocycles. The first-order chi connectivity index (χ1) is 4.18. The SMILES string of the molecule is C=CNC(=O)O.CNC. The van der Waals surface area contributed by atoms with E-state index in [0.29, 0.717) is 0 Å². The molecule has 0 bridgehead atoms. The number of rotatable bonds is 1. The largest absolute Gasteiger partial charge is 0.465 e. The van der Waals surface area contributed by atoms with E-state index in [2.05, 4.69) is 11.9 Å². The normalized spacial score (nSPS) is 6.44. The number of amides is 1. The predicted octanol–water partition coefficient (Wildman–Crippen LogP) is 0.233. The van der Waals surface area contributed by atoms with E-state index in [9.17, 15) is 4.79 Å². The van der Waals surface area contributed by atoms with Crippen LogP contribution < -0.4 is 10.6 Å². The van der Waals surface area contributed by atoms with Gasteiger partial charge < -0.3 is 10.4 Å². The highest BCUT2D eigenvalue weighted by Gasteiger charge is 1.80. The molecule has 0 aliphatic carbocycles. The highest BCUT2D eigenvalue weighted by molar-refractivity contribution is 5.65. The molecule has 0 radical (unpaired) electrons. The number of hydrogen-bond donors (Lipinski definition) is 3. The van der Waals surface area contributed by atoms with Gasteiger partial charge in [0.25, 0.3) is 0 Å². The Labute approximate surface area is 54.6 Å². The Bertz CT molecular complexity index is 83.0. The molecule has 0 aromatic heterocycles. The zero-order chi connectivity index (χ0) is 7.70. The van der Waals surface area contributed by atoms with E-state index in [1.54, 1.807) is 0 Å². The Morgan fingerprint density at radius 2 is 2.00 bits per heavy atom. The van der Waals surface area contributed by atoms with Gasteiger partial charge in [-0.1, -0.05) is 6.58 Å². The smallest absolute Gasteiger partial charge is 0.408 e.